The fourth-order valence-corrected chi connectivity index (χ4v) is 2.86. The number of thioether (sulfide) groups is 1. The number of aromatic nitrogens is 4. The van der Waals surface area contributed by atoms with E-state index < -0.39 is 0 Å². The number of carbonyl (C=O) groups is 1. The molecule has 2 N–H and O–H groups in total. The molecule has 2 aromatic heterocycles. The Labute approximate surface area is 126 Å². The minimum absolute atomic E-state index is 0.0231. The van der Waals surface area contributed by atoms with Gasteiger partial charge in [0.1, 0.15) is 0 Å². The highest BCUT2D eigenvalue weighted by molar-refractivity contribution is 7.99. The van der Waals surface area contributed by atoms with Crippen LogP contribution in [0.4, 0.5) is 0 Å². The molecule has 0 aliphatic carbocycles. The minimum Gasteiger partial charge on any atom is -0.353 e. The zero-order valence-electron chi connectivity index (χ0n) is 12.0. The predicted octanol–water partition coefficient (Wildman–Crippen LogP) is 2.22. The fourth-order valence-electron chi connectivity index (χ4n) is 2.09. The van der Waals surface area contributed by atoms with E-state index in [2.05, 4.69) is 20.5 Å². The lowest BCUT2D eigenvalue weighted by Gasteiger charge is -2.10. The quantitative estimate of drug-likeness (QED) is 0.709. The van der Waals surface area contributed by atoms with Crippen LogP contribution in [0.1, 0.15) is 20.3 Å². The zero-order chi connectivity index (χ0) is 14.8. The Balaban J connectivity index is 1.80. The Bertz CT molecular complexity index is 778. The molecule has 0 saturated heterocycles. The summed E-state index contributed by atoms with van der Waals surface area (Å²) in [5.41, 5.74) is 1.91. The largest absolute Gasteiger partial charge is 0.353 e. The molecule has 6 nitrogen and oxygen atoms in total. The highest BCUT2D eigenvalue weighted by atomic mass is 32.2. The zero-order valence-corrected chi connectivity index (χ0v) is 12.8. The van der Waals surface area contributed by atoms with Crippen molar-refractivity contribution < 1.29 is 4.79 Å². The Morgan fingerprint density at radius 1 is 1.48 bits per heavy atom. The maximum atomic E-state index is 11.9. The van der Waals surface area contributed by atoms with Crippen LogP contribution in [0.25, 0.3) is 16.8 Å². The Morgan fingerprint density at radius 3 is 3.10 bits per heavy atom. The molecule has 0 radical (unpaired) electrons. The normalized spacial score (nSPS) is 12.9. The standard InChI is InChI=1S/C14H17N5OS/c1-3-9(2)15-12(20)8-21-14-18-17-13-16-10-6-4-5-7-11(10)19(13)14/h4-7,9H,3,8H2,1-2H3,(H,15,20)(H,16,17)/t9-/m0/s1. The van der Waals surface area contributed by atoms with Crippen LogP contribution in [-0.2, 0) is 4.79 Å². The third-order valence-electron chi connectivity index (χ3n) is 3.36. The number of carbonyl (C=O) groups excluding carboxylic acids is 1. The summed E-state index contributed by atoms with van der Waals surface area (Å²) >= 11 is 1.41. The first-order valence-electron chi connectivity index (χ1n) is 6.92. The smallest absolute Gasteiger partial charge is 0.231 e. The van der Waals surface area contributed by atoms with Gasteiger partial charge < -0.3 is 5.32 Å². The van der Waals surface area contributed by atoms with E-state index in [9.17, 15) is 4.79 Å². The van der Waals surface area contributed by atoms with Crippen molar-refractivity contribution in [2.24, 2.45) is 0 Å². The third-order valence-corrected chi connectivity index (χ3v) is 4.29. The van der Waals surface area contributed by atoms with E-state index >= 15 is 0 Å². The Kier molecular flexibility index (Phi) is 3.83. The second-order valence-corrected chi connectivity index (χ2v) is 5.87. The molecule has 0 saturated carbocycles. The van der Waals surface area contributed by atoms with Crippen molar-refractivity contribution in [2.75, 3.05) is 5.75 Å². The number of amides is 1. The maximum absolute atomic E-state index is 11.9. The summed E-state index contributed by atoms with van der Waals surface area (Å²) < 4.78 is 1.94. The van der Waals surface area contributed by atoms with E-state index in [1.54, 1.807) is 0 Å². The Morgan fingerprint density at radius 2 is 2.29 bits per heavy atom. The summed E-state index contributed by atoms with van der Waals surface area (Å²) in [7, 11) is 0. The number of hydrogen-bond acceptors (Lipinski definition) is 4. The number of nitrogens with one attached hydrogen (secondary N) is 2. The third kappa shape index (κ3) is 2.73. The van der Waals surface area contributed by atoms with Gasteiger partial charge in [-0.3, -0.25) is 9.20 Å². The van der Waals surface area contributed by atoms with Gasteiger partial charge in [-0.25, -0.2) is 10.1 Å². The fraction of sp³-hybridized carbons (Fsp3) is 0.357. The molecule has 1 aromatic carbocycles. The Hall–Kier alpha value is -2.02. The van der Waals surface area contributed by atoms with Gasteiger partial charge in [-0.05, 0) is 25.5 Å². The molecule has 3 aromatic rings. The van der Waals surface area contributed by atoms with E-state index in [0.717, 1.165) is 22.6 Å². The summed E-state index contributed by atoms with van der Waals surface area (Å²) in [5, 5.41) is 10.8. The van der Waals surface area contributed by atoms with Gasteiger partial charge in [0, 0.05) is 6.04 Å². The highest BCUT2D eigenvalue weighted by Gasteiger charge is 2.13. The lowest BCUT2D eigenvalue weighted by Crippen LogP contribution is -2.33. The first-order valence-corrected chi connectivity index (χ1v) is 7.91. The number of benzene rings is 1. The van der Waals surface area contributed by atoms with Crippen molar-refractivity contribution in [3.05, 3.63) is 24.3 Å². The topological polar surface area (TPSA) is 75.1 Å². The van der Waals surface area contributed by atoms with Gasteiger partial charge >= 0.3 is 0 Å². The molecular weight excluding hydrogens is 286 g/mol. The molecular formula is C14H17N5OS. The number of para-hydroxylation sites is 2. The summed E-state index contributed by atoms with van der Waals surface area (Å²) in [6.45, 7) is 4.05. The molecule has 0 aliphatic rings. The molecule has 0 aliphatic heterocycles. The van der Waals surface area contributed by atoms with Gasteiger partial charge in [-0.1, -0.05) is 30.8 Å². The van der Waals surface area contributed by atoms with E-state index in [4.69, 9.17) is 0 Å². The number of imidazole rings is 1. The highest BCUT2D eigenvalue weighted by Crippen LogP contribution is 2.22. The molecule has 1 atom stereocenters. The predicted molar refractivity (Wildman–Crippen MR) is 83.5 cm³/mol. The van der Waals surface area contributed by atoms with Gasteiger partial charge in [0.2, 0.25) is 11.7 Å². The maximum Gasteiger partial charge on any atom is 0.231 e. The second kappa shape index (κ2) is 5.77. The molecule has 0 spiro atoms. The average molecular weight is 303 g/mol. The minimum atomic E-state index is 0.0231. The average Bonchev–Trinajstić information content (AvgIpc) is 3.04. The lowest BCUT2D eigenvalue weighted by molar-refractivity contribution is -0.119. The summed E-state index contributed by atoms with van der Waals surface area (Å²) in [6, 6.07) is 8.07. The molecule has 0 bridgehead atoms. The molecule has 0 unspecified atom stereocenters. The van der Waals surface area contributed by atoms with Crippen molar-refractivity contribution >= 4 is 34.5 Å². The molecule has 2 heterocycles. The molecule has 3 rings (SSSR count). The van der Waals surface area contributed by atoms with Crippen LogP contribution in [0, 0.1) is 0 Å². The van der Waals surface area contributed by atoms with Crippen molar-refractivity contribution in [2.45, 2.75) is 31.5 Å². The van der Waals surface area contributed by atoms with E-state index in [-0.39, 0.29) is 11.9 Å². The molecule has 0 fully saturated rings. The van der Waals surface area contributed by atoms with Gasteiger partial charge in [0.05, 0.1) is 16.8 Å². The molecule has 21 heavy (non-hydrogen) atoms. The van der Waals surface area contributed by atoms with Crippen LogP contribution >= 0.6 is 11.8 Å². The summed E-state index contributed by atoms with van der Waals surface area (Å²) in [6.07, 6.45) is 0.926. The summed E-state index contributed by atoms with van der Waals surface area (Å²) in [5.74, 6) is 1.06. The molecule has 110 valence electrons. The first-order chi connectivity index (χ1) is 10.2. The van der Waals surface area contributed by atoms with Gasteiger partial charge in [-0.15, -0.1) is 5.10 Å². The van der Waals surface area contributed by atoms with Gasteiger partial charge in [0.15, 0.2) is 5.16 Å². The van der Waals surface area contributed by atoms with Crippen LogP contribution in [-0.4, -0.2) is 37.3 Å². The number of H-pyrrole nitrogens is 1. The number of nitrogens with zero attached hydrogens (tertiary/aromatic N) is 3. The van der Waals surface area contributed by atoms with Crippen molar-refractivity contribution in [1.82, 2.24) is 24.9 Å². The van der Waals surface area contributed by atoms with Crippen molar-refractivity contribution in [3.8, 4) is 0 Å². The van der Waals surface area contributed by atoms with Crippen LogP contribution in [0.15, 0.2) is 29.4 Å². The summed E-state index contributed by atoms with van der Waals surface area (Å²) in [4.78, 5) is 16.3. The van der Waals surface area contributed by atoms with E-state index in [1.807, 2.05) is 42.5 Å². The SMILES string of the molecule is CC[C@H](C)NC(=O)CSc1n[nH]c2nc3ccccc3n12. The van der Waals surface area contributed by atoms with E-state index in [1.165, 1.54) is 11.8 Å². The number of hydrogen-bond donors (Lipinski definition) is 2. The number of aromatic amines is 1. The molecule has 1 amide bonds. The van der Waals surface area contributed by atoms with Gasteiger partial charge in [0.25, 0.3) is 0 Å². The van der Waals surface area contributed by atoms with Crippen LogP contribution in [0.5, 0.6) is 0 Å². The van der Waals surface area contributed by atoms with Crippen LogP contribution < -0.4 is 5.32 Å². The second-order valence-electron chi connectivity index (χ2n) is 4.93. The molecule has 7 heteroatoms. The number of rotatable bonds is 5. The number of fused-ring (bicyclic) bond motifs is 3. The van der Waals surface area contributed by atoms with Crippen molar-refractivity contribution in [1.29, 1.82) is 0 Å². The van der Waals surface area contributed by atoms with Crippen LogP contribution in [0.3, 0.4) is 0 Å². The monoisotopic (exact) mass is 303 g/mol. The lowest BCUT2D eigenvalue weighted by atomic mass is 10.3. The van der Waals surface area contributed by atoms with Crippen molar-refractivity contribution in [3.63, 3.8) is 0 Å². The van der Waals surface area contributed by atoms with Gasteiger partial charge in [-0.2, -0.15) is 0 Å². The van der Waals surface area contributed by atoms with Crippen LogP contribution in [0.2, 0.25) is 0 Å². The first kappa shape index (κ1) is 13.9. The van der Waals surface area contributed by atoms with E-state index in [0.29, 0.717) is 11.5 Å².